The first-order valence-corrected chi connectivity index (χ1v) is 5.65. The summed E-state index contributed by atoms with van der Waals surface area (Å²) < 4.78 is 1.30. The van der Waals surface area contributed by atoms with Gasteiger partial charge in [-0.2, -0.15) is 0 Å². The highest BCUT2D eigenvalue weighted by Crippen LogP contribution is 2.09. The summed E-state index contributed by atoms with van der Waals surface area (Å²) in [4.78, 5) is 38.0. The Bertz CT molecular complexity index is 736. The number of carboxylic acids is 1. The van der Waals surface area contributed by atoms with Crippen molar-refractivity contribution >= 4 is 17.6 Å². The van der Waals surface area contributed by atoms with Gasteiger partial charge in [-0.15, -0.1) is 0 Å². The third-order valence-electron chi connectivity index (χ3n) is 2.60. The fourth-order valence-electron chi connectivity index (χ4n) is 1.62. The molecule has 0 atom stereocenters. The van der Waals surface area contributed by atoms with Gasteiger partial charge in [0.15, 0.2) is 0 Å². The van der Waals surface area contributed by atoms with Gasteiger partial charge in [0.25, 0.3) is 5.91 Å². The van der Waals surface area contributed by atoms with Gasteiger partial charge >= 0.3 is 5.97 Å². The number of aromatic nitrogens is 2. The van der Waals surface area contributed by atoms with E-state index in [2.05, 4.69) is 10.3 Å². The van der Waals surface area contributed by atoms with E-state index in [1.54, 1.807) is 7.05 Å². The molecule has 20 heavy (non-hydrogen) atoms. The number of nitrogens with one attached hydrogen (secondary N) is 1. The van der Waals surface area contributed by atoms with Gasteiger partial charge in [-0.3, -0.25) is 14.6 Å². The summed E-state index contributed by atoms with van der Waals surface area (Å²) in [5, 5.41) is 11.5. The molecule has 0 radical (unpaired) electrons. The number of anilines is 1. The highest BCUT2D eigenvalue weighted by Gasteiger charge is 2.17. The van der Waals surface area contributed by atoms with Gasteiger partial charge < -0.3 is 15.0 Å². The number of pyridine rings is 2. The molecule has 0 saturated carbocycles. The van der Waals surface area contributed by atoms with Crippen molar-refractivity contribution in [2.75, 3.05) is 5.32 Å². The van der Waals surface area contributed by atoms with E-state index in [0.29, 0.717) is 5.69 Å². The van der Waals surface area contributed by atoms with E-state index >= 15 is 0 Å². The lowest BCUT2D eigenvalue weighted by Crippen LogP contribution is -2.20. The van der Waals surface area contributed by atoms with Gasteiger partial charge in [0, 0.05) is 25.5 Å². The summed E-state index contributed by atoms with van der Waals surface area (Å²) in [6.07, 6.45) is 2.77. The number of amides is 1. The molecule has 0 aromatic carbocycles. The molecule has 0 aliphatic carbocycles. The molecule has 2 heterocycles. The van der Waals surface area contributed by atoms with Gasteiger partial charge in [-0.1, -0.05) is 0 Å². The van der Waals surface area contributed by atoms with Crippen LogP contribution in [0.3, 0.4) is 0 Å². The number of hydrogen-bond donors (Lipinski definition) is 2. The van der Waals surface area contributed by atoms with Crippen molar-refractivity contribution in [1.29, 1.82) is 0 Å². The van der Waals surface area contributed by atoms with Crippen LogP contribution in [0.2, 0.25) is 0 Å². The van der Waals surface area contributed by atoms with Crippen molar-refractivity contribution in [3.05, 3.63) is 58.3 Å². The van der Waals surface area contributed by atoms with E-state index in [-0.39, 0.29) is 16.8 Å². The molecular weight excluding hydrogens is 262 g/mol. The fraction of sp³-hybridized carbons (Fsp3) is 0.0769. The SMILES string of the molecule is Cn1cc(NC(=O)c2ncccc2C(=O)O)ccc1=O. The fourth-order valence-corrected chi connectivity index (χ4v) is 1.62. The molecule has 7 heteroatoms. The minimum atomic E-state index is -1.23. The van der Waals surface area contributed by atoms with E-state index in [9.17, 15) is 14.4 Å². The largest absolute Gasteiger partial charge is 0.478 e. The Labute approximate surface area is 113 Å². The van der Waals surface area contributed by atoms with Crippen LogP contribution in [-0.4, -0.2) is 26.5 Å². The molecule has 2 aromatic rings. The normalized spacial score (nSPS) is 10.1. The van der Waals surface area contributed by atoms with Crippen molar-refractivity contribution in [1.82, 2.24) is 9.55 Å². The number of carboxylic acid groups (broad SMARTS) is 1. The first kappa shape index (κ1) is 13.5. The second-order valence-corrected chi connectivity index (χ2v) is 4.03. The number of nitrogens with zero attached hydrogens (tertiary/aromatic N) is 2. The van der Waals surface area contributed by atoms with E-state index in [0.717, 1.165) is 0 Å². The van der Waals surface area contributed by atoms with Crippen LogP contribution in [0.5, 0.6) is 0 Å². The zero-order chi connectivity index (χ0) is 14.7. The Morgan fingerprint density at radius 2 is 2.05 bits per heavy atom. The molecule has 2 N–H and O–H groups in total. The van der Waals surface area contributed by atoms with Crippen LogP contribution in [0.4, 0.5) is 5.69 Å². The summed E-state index contributed by atoms with van der Waals surface area (Å²) >= 11 is 0. The van der Waals surface area contributed by atoms with Gasteiger partial charge in [-0.05, 0) is 18.2 Å². The number of rotatable bonds is 3. The zero-order valence-electron chi connectivity index (χ0n) is 10.5. The summed E-state index contributed by atoms with van der Waals surface area (Å²) in [5.41, 5.74) is -0.213. The number of carbonyl (C=O) groups excluding carboxylic acids is 1. The number of aromatic carboxylic acids is 1. The first-order chi connectivity index (χ1) is 9.49. The Balaban J connectivity index is 2.31. The average Bonchev–Trinajstić information content (AvgIpc) is 2.43. The zero-order valence-corrected chi connectivity index (χ0v) is 10.5. The Hall–Kier alpha value is -2.96. The van der Waals surface area contributed by atoms with E-state index in [1.165, 1.54) is 41.2 Å². The summed E-state index contributed by atoms with van der Waals surface area (Å²) in [5.74, 6) is -1.88. The van der Waals surface area contributed by atoms with E-state index in [1.807, 2.05) is 0 Å². The predicted octanol–water partition coefficient (Wildman–Crippen LogP) is 0.731. The molecule has 102 valence electrons. The maximum atomic E-state index is 12.0. The monoisotopic (exact) mass is 273 g/mol. The van der Waals surface area contributed by atoms with Gasteiger partial charge in [0.05, 0.1) is 11.3 Å². The number of aryl methyl sites for hydroxylation is 1. The van der Waals surface area contributed by atoms with E-state index < -0.39 is 11.9 Å². The minimum Gasteiger partial charge on any atom is -0.478 e. The molecular formula is C13H11N3O4. The van der Waals surface area contributed by atoms with Crippen molar-refractivity contribution in [3.8, 4) is 0 Å². The van der Waals surface area contributed by atoms with Crippen LogP contribution in [0.15, 0.2) is 41.5 Å². The molecule has 0 aliphatic rings. The van der Waals surface area contributed by atoms with Crippen molar-refractivity contribution < 1.29 is 14.7 Å². The van der Waals surface area contributed by atoms with Crippen LogP contribution >= 0.6 is 0 Å². The Kier molecular flexibility index (Phi) is 3.60. The van der Waals surface area contributed by atoms with Crippen LogP contribution < -0.4 is 10.9 Å². The van der Waals surface area contributed by atoms with Gasteiger partial charge in [-0.25, -0.2) is 4.79 Å². The standard InChI is InChI=1S/C13H11N3O4/c1-16-7-8(4-5-10(16)17)15-12(18)11-9(13(19)20)3-2-6-14-11/h2-7H,1H3,(H,15,18)(H,19,20). The highest BCUT2D eigenvalue weighted by atomic mass is 16.4. The highest BCUT2D eigenvalue weighted by molar-refractivity contribution is 6.09. The smallest absolute Gasteiger partial charge is 0.338 e. The van der Waals surface area contributed by atoms with Crippen LogP contribution in [0, 0.1) is 0 Å². The molecule has 7 nitrogen and oxygen atoms in total. The van der Waals surface area contributed by atoms with Gasteiger partial charge in [0.1, 0.15) is 5.69 Å². The van der Waals surface area contributed by atoms with Crippen LogP contribution in [-0.2, 0) is 7.05 Å². The third-order valence-corrected chi connectivity index (χ3v) is 2.60. The number of carbonyl (C=O) groups is 2. The second-order valence-electron chi connectivity index (χ2n) is 4.03. The summed E-state index contributed by atoms with van der Waals surface area (Å²) in [6, 6.07) is 5.47. The van der Waals surface area contributed by atoms with Gasteiger partial charge in [0.2, 0.25) is 5.56 Å². The molecule has 1 amide bonds. The topological polar surface area (TPSA) is 101 Å². The molecule has 0 aliphatic heterocycles. The molecule has 0 unspecified atom stereocenters. The summed E-state index contributed by atoms with van der Waals surface area (Å²) in [6.45, 7) is 0. The maximum absolute atomic E-state index is 12.0. The summed E-state index contributed by atoms with van der Waals surface area (Å²) in [7, 11) is 1.54. The van der Waals surface area contributed by atoms with Crippen LogP contribution in [0.25, 0.3) is 0 Å². The third kappa shape index (κ3) is 2.72. The first-order valence-electron chi connectivity index (χ1n) is 5.65. The Morgan fingerprint density at radius 1 is 1.30 bits per heavy atom. The lowest BCUT2D eigenvalue weighted by molar-refractivity contribution is 0.0691. The predicted molar refractivity (Wildman–Crippen MR) is 70.8 cm³/mol. The van der Waals surface area contributed by atoms with Crippen LogP contribution in [0.1, 0.15) is 20.8 Å². The lowest BCUT2D eigenvalue weighted by atomic mass is 10.2. The number of hydrogen-bond acceptors (Lipinski definition) is 4. The maximum Gasteiger partial charge on any atom is 0.338 e. The molecule has 0 spiro atoms. The molecule has 2 rings (SSSR count). The van der Waals surface area contributed by atoms with E-state index in [4.69, 9.17) is 5.11 Å². The molecule has 0 fully saturated rings. The Morgan fingerprint density at radius 3 is 2.70 bits per heavy atom. The van der Waals surface area contributed by atoms with Crippen molar-refractivity contribution in [2.24, 2.45) is 7.05 Å². The molecule has 2 aromatic heterocycles. The molecule has 0 bridgehead atoms. The average molecular weight is 273 g/mol. The lowest BCUT2D eigenvalue weighted by Gasteiger charge is -2.07. The van der Waals surface area contributed by atoms with Crippen molar-refractivity contribution in [3.63, 3.8) is 0 Å². The molecule has 0 saturated heterocycles. The second kappa shape index (κ2) is 5.35. The minimum absolute atomic E-state index is 0.185. The van der Waals surface area contributed by atoms with Crippen molar-refractivity contribution in [2.45, 2.75) is 0 Å². The quantitative estimate of drug-likeness (QED) is 0.858.